The zero-order valence-corrected chi connectivity index (χ0v) is 8.17. The lowest BCUT2D eigenvalue weighted by molar-refractivity contribution is 0.867. The molecule has 0 aliphatic carbocycles. The van der Waals surface area contributed by atoms with Crippen LogP contribution < -0.4 is 10.4 Å². The van der Waals surface area contributed by atoms with Crippen LogP contribution in [0.4, 0.5) is 5.69 Å². The highest BCUT2D eigenvalue weighted by atomic mass is 15.1. The standard InChI is InChI=1S/C10H16BN/c1-3-12(4-2)10-7-5-6-9(11)8-10/h5-8H,3-4,11H2,1-2H3. The van der Waals surface area contributed by atoms with Gasteiger partial charge in [0.2, 0.25) is 0 Å². The maximum Gasteiger partial charge on any atom is 0.139 e. The van der Waals surface area contributed by atoms with Gasteiger partial charge in [0.05, 0.1) is 0 Å². The maximum atomic E-state index is 2.35. The zero-order valence-electron chi connectivity index (χ0n) is 8.17. The van der Waals surface area contributed by atoms with E-state index in [9.17, 15) is 0 Å². The van der Waals surface area contributed by atoms with Crippen LogP contribution in [-0.4, -0.2) is 20.9 Å². The van der Waals surface area contributed by atoms with E-state index in [4.69, 9.17) is 0 Å². The van der Waals surface area contributed by atoms with E-state index in [0.29, 0.717) is 0 Å². The van der Waals surface area contributed by atoms with Crippen molar-refractivity contribution in [1.29, 1.82) is 0 Å². The van der Waals surface area contributed by atoms with Gasteiger partial charge in [-0.25, -0.2) is 0 Å². The molecule has 0 heterocycles. The number of hydrogen-bond acceptors (Lipinski definition) is 1. The van der Waals surface area contributed by atoms with E-state index in [-0.39, 0.29) is 0 Å². The highest BCUT2D eigenvalue weighted by molar-refractivity contribution is 6.32. The van der Waals surface area contributed by atoms with Crippen LogP contribution in [-0.2, 0) is 0 Å². The third-order valence-corrected chi connectivity index (χ3v) is 2.13. The lowest BCUT2D eigenvalue weighted by atomic mass is 9.96. The predicted molar refractivity (Wildman–Crippen MR) is 58.2 cm³/mol. The largest absolute Gasteiger partial charge is 0.372 e. The second-order valence-electron chi connectivity index (χ2n) is 3.01. The molecule has 0 aliphatic rings. The summed E-state index contributed by atoms with van der Waals surface area (Å²) in [5.74, 6) is 0. The Hall–Kier alpha value is -0.915. The Bertz CT molecular complexity index is 243. The number of anilines is 1. The Kier molecular flexibility index (Phi) is 3.21. The van der Waals surface area contributed by atoms with Gasteiger partial charge < -0.3 is 4.90 Å². The van der Waals surface area contributed by atoms with Crippen molar-refractivity contribution in [2.45, 2.75) is 13.8 Å². The van der Waals surface area contributed by atoms with Crippen LogP contribution in [0.3, 0.4) is 0 Å². The minimum absolute atomic E-state index is 1.08. The minimum atomic E-state index is 1.08. The van der Waals surface area contributed by atoms with Gasteiger partial charge in [-0.15, -0.1) is 0 Å². The molecule has 0 saturated heterocycles. The van der Waals surface area contributed by atoms with Crippen molar-refractivity contribution in [3.05, 3.63) is 24.3 Å². The van der Waals surface area contributed by atoms with Crippen molar-refractivity contribution < 1.29 is 0 Å². The third-order valence-electron chi connectivity index (χ3n) is 2.13. The fourth-order valence-electron chi connectivity index (χ4n) is 1.41. The molecule has 0 bridgehead atoms. The molecule has 0 N–H and O–H groups in total. The number of benzene rings is 1. The first-order valence-electron chi connectivity index (χ1n) is 4.59. The van der Waals surface area contributed by atoms with Crippen LogP contribution in [0, 0.1) is 0 Å². The van der Waals surface area contributed by atoms with Crippen molar-refractivity contribution in [2.75, 3.05) is 18.0 Å². The molecular weight excluding hydrogens is 145 g/mol. The van der Waals surface area contributed by atoms with E-state index >= 15 is 0 Å². The Labute approximate surface area is 75.8 Å². The highest BCUT2D eigenvalue weighted by Gasteiger charge is 1.99. The minimum Gasteiger partial charge on any atom is -0.372 e. The summed E-state index contributed by atoms with van der Waals surface area (Å²) < 4.78 is 0. The molecule has 64 valence electrons. The Morgan fingerprint density at radius 1 is 1.25 bits per heavy atom. The SMILES string of the molecule is Bc1cccc(N(CC)CC)c1. The summed E-state index contributed by atoms with van der Waals surface area (Å²) in [6.07, 6.45) is 0. The average molecular weight is 161 g/mol. The molecular formula is C10H16BN. The maximum absolute atomic E-state index is 2.35. The summed E-state index contributed by atoms with van der Waals surface area (Å²) in [5, 5.41) is 0. The van der Waals surface area contributed by atoms with Crippen molar-refractivity contribution in [1.82, 2.24) is 0 Å². The van der Waals surface area contributed by atoms with Crippen molar-refractivity contribution in [3.63, 3.8) is 0 Å². The topological polar surface area (TPSA) is 3.24 Å². The Balaban J connectivity index is 2.85. The summed E-state index contributed by atoms with van der Waals surface area (Å²) in [7, 11) is 2.13. The molecule has 1 rings (SSSR count). The fraction of sp³-hybridized carbons (Fsp3) is 0.400. The van der Waals surface area contributed by atoms with Gasteiger partial charge in [-0.1, -0.05) is 17.6 Å². The highest BCUT2D eigenvalue weighted by Crippen LogP contribution is 2.10. The second kappa shape index (κ2) is 4.20. The van der Waals surface area contributed by atoms with Gasteiger partial charge >= 0.3 is 0 Å². The van der Waals surface area contributed by atoms with E-state index in [2.05, 4.69) is 50.9 Å². The smallest absolute Gasteiger partial charge is 0.139 e. The van der Waals surface area contributed by atoms with E-state index in [1.165, 1.54) is 11.2 Å². The predicted octanol–water partition coefficient (Wildman–Crippen LogP) is 0.791. The average Bonchev–Trinajstić information content (AvgIpc) is 2.07. The van der Waals surface area contributed by atoms with Gasteiger partial charge in [-0.05, 0) is 26.0 Å². The summed E-state index contributed by atoms with van der Waals surface area (Å²) >= 11 is 0. The molecule has 12 heavy (non-hydrogen) atoms. The number of nitrogens with zero attached hydrogens (tertiary/aromatic N) is 1. The van der Waals surface area contributed by atoms with Gasteiger partial charge in [-0.3, -0.25) is 0 Å². The number of rotatable bonds is 3. The second-order valence-corrected chi connectivity index (χ2v) is 3.01. The van der Waals surface area contributed by atoms with Gasteiger partial charge in [-0.2, -0.15) is 0 Å². The van der Waals surface area contributed by atoms with Gasteiger partial charge in [0.15, 0.2) is 0 Å². The van der Waals surface area contributed by atoms with Crippen molar-refractivity contribution in [2.24, 2.45) is 0 Å². The molecule has 0 amide bonds. The molecule has 2 heteroatoms. The summed E-state index contributed by atoms with van der Waals surface area (Å²) in [6, 6.07) is 8.64. The van der Waals surface area contributed by atoms with E-state index in [1.807, 2.05) is 0 Å². The third kappa shape index (κ3) is 2.03. The van der Waals surface area contributed by atoms with Crippen LogP contribution in [0.25, 0.3) is 0 Å². The van der Waals surface area contributed by atoms with Crippen LogP contribution in [0.5, 0.6) is 0 Å². The molecule has 0 saturated carbocycles. The van der Waals surface area contributed by atoms with Crippen LogP contribution in [0.1, 0.15) is 13.8 Å². The molecule has 1 aromatic rings. The molecule has 0 atom stereocenters. The molecule has 0 radical (unpaired) electrons. The summed E-state index contributed by atoms with van der Waals surface area (Å²) in [5.41, 5.74) is 2.67. The summed E-state index contributed by atoms with van der Waals surface area (Å²) in [4.78, 5) is 2.35. The fourth-order valence-corrected chi connectivity index (χ4v) is 1.41. The van der Waals surface area contributed by atoms with E-state index < -0.39 is 0 Å². The zero-order chi connectivity index (χ0) is 8.97. The molecule has 0 aliphatic heterocycles. The molecule has 0 fully saturated rings. The normalized spacial score (nSPS) is 9.83. The van der Waals surface area contributed by atoms with Gasteiger partial charge in [0.1, 0.15) is 7.85 Å². The first-order chi connectivity index (χ1) is 5.77. The number of hydrogen-bond donors (Lipinski definition) is 0. The molecule has 0 aromatic heterocycles. The first-order valence-corrected chi connectivity index (χ1v) is 4.59. The molecule has 0 unspecified atom stereocenters. The first kappa shape index (κ1) is 9.18. The Morgan fingerprint density at radius 3 is 2.42 bits per heavy atom. The molecule has 0 spiro atoms. The van der Waals surface area contributed by atoms with E-state index in [0.717, 1.165) is 13.1 Å². The quantitative estimate of drug-likeness (QED) is 0.592. The van der Waals surface area contributed by atoms with Crippen LogP contribution in [0.15, 0.2) is 24.3 Å². The lowest BCUT2D eigenvalue weighted by Crippen LogP contribution is -2.22. The summed E-state index contributed by atoms with van der Waals surface area (Å²) in [6.45, 7) is 6.54. The van der Waals surface area contributed by atoms with Gasteiger partial charge in [0, 0.05) is 18.8 Å². The van der Waals surface area contributed by atoms with Crippen molar-refractivity contribution in [3.8, 4) is 0 Å². The van der Waals surface area contributed by atoms with Crippen LogP contribution in [0.2, 0.25) is 0 Å². The Morgan fingerprint density at radius 2 is 1.92 bits per heavy atom. The van der Waals surface area contributed by atoms with Crippen LogP contribution >= 0.6 is 0 Å². The molecule has 1 aromatic carbocycles. The van der Waals surface area contributed by atoms with E-state index in [1.54, 1.807) is 0 Å². The lowest BCUT2D eigenvalue weighted by Gasteiger charge is -2.21. The molecule has 1 nitrogen and oxygen atoms in total. The van der Waals surface area contributed by atoms with Gasteiger partial charge in [0.25, 0.3) is 0 Å². The monoisotopic (exact) mass is 161 g/mol. The van der Waals surface area contributed by atoms with Crippen molar-refractivity contribution >= 4 is 19.0 Å².